The molecule has 7 heteroatoms. The van der Waals surface area contributed by atoms with Gasteiger partial charge in [0.15, 0.2) is 0 Å². The molecule has 0 aliphatic carbocycles. The second-order valence-electron chi connectivity index (χ2n) is 8.73. The molecule has 3 rings (SSSR count). The number of nitrogens with zero attached hydrogens (tertiary/aromatic N) is 2. The molecule has 0 saturated carbocycles. The highest BCUT2D eigenvalue weighted by Gasteiger charge is 2.40. The van der Waals surface area contributed by atoms with Crippen molar-refractivity contribution in [3.05, 3.63) is 29.8 Å². The number of rotatable bonds is 3. The van der Waals surface area contributed by atoms with E-state index in [4.69, 9.17) is 14.2 Å². The van der Waals surface area contributed by atoms with E-state index in [0.29, 0.717) is 25.4 Å². The Morgan fingerprint density at radius 1 is 1.14 bits per heavy atom. The molecule has 2 fully saturated rings. The van der Waals surface area contributed by atoms with Gasteiger partial charge < -0.3 is 24.0 Å². The average molecular weight is 405 g/mol. The number of methoxy groups -OCH3 is 1. The van der Waals surface area contributed by atoms with E-state index >= 15 is 0 Å². The lowest BCUT2D eigenvalue weighted by atomic mass is 10.00. The number of amides is 2. The molecule has 0 radical (unpaired) electrons. The third-order valence-electron chi connectivity index (χ3n) is 5.32. The fourth-order valence-electron chi connectivity index (χ4n) is 3.92. The number of ether oxygens (including phenoxy) is 3. The maximum Gasteiger partial charge on any atom is 0.410 e. The van der Waals surface area contributed by atoms with Gasteiger partial charge in [0.25, 0.3) is 5.91 Å². The molecule has 160 valence electrons. The minimum absolute atomic E-state index is 0.0194. The second kappa shape index (κ2) is 8.61. The van der Waals surface area contributed by atoms with Crippen LogP contribution in [0.2, 0.25) is 0 Å². The van der Waals surface area contributed by atoms with Crippen molar-refractivity contribution in [1.29, 1.82) is 0 Å². The van der Waals surface area contributed by atoms with Crippen LogP contribution in [0, 0.1) is 0 Å². The summed E-state index contributed by atoms with van der Waals surface area (Å²) in [5, 5.41) is 0. The van der Waals surface area contributed by atoms with E-state index in [2.05, 4.69) is 0 Å². The Kier molecular flexibility index (Phi) is 6.36. The molecule has 0 unspecified atom stereocenters. The van der Waals surface area contributed by atoms with Crippen molar-refractivity contribution in [2.24, 2.45) is 0 Å². The van der Waals surface area contributed by atoms with Crippen LogP contribution in [0.5, 0.6) is 5.75 Å². The SMILES string of the molecule is COc1ccccc1[C@@H]1CN(C(=O)OC(C)(C)C)CCN1C(=O)[C@H]1CC[C@@H](C)O1. The first-order valence-electron chi connectivity index (χ1n) is 10.3. The Morgan fingerprint density at radius 2 is 1.86 bits per heavy atom. The van der Waals surface area contributed by atoms with E-state index in [-0.39, 0.29) is 24.1 Å². The highest BCUT2D eigenvalue weighted by Crippen LogP contribution is 2.34. The standard InChI is InChI=1S/C22H32N2O5/c1-15-10-11-19(28-15)20(25)24-13-12-23(21(26)29-22(2,3)4)14-17(24)16-8-6-7-9-18(16)27-5/h6-9,15,17,19H,10-14H2,1-5H3/t15-,17+,19-/m1/s1. The van der Waals surface area contributed by atoms with Crippen molar-refractivity contribution in [1.82, 2.24) is 9.80 Å². The van der Waals surface area contributed by atoms with Crippen LogP contribution in [0.3, 0.4) is 0 Å². The van der Waals surface area contributed by atoms with Gasteiger partial charge >= 0.3 is 6.09 Å². The Balaban J connectivity index is 1.86. The van der Waals surface area contributed by atoms with Crippen molar-refractivity contribution >= 4 is 12.0 Å². The number of carbonyl (C=O) groups is 2. The fourth-order valence-corrected chi connectivity index (χ4v) is 3.92. The monoisotopic (exact) mass is 404 g/mol. The van der Waals surface area contributed by atoms with Gasteiger partial charge in [0.2, 0.25) is 0 Å². The summed E-state index contributed by atoms with van der Waals surface area (Å²) in [6.07, 6.45) is 0.917. The van der Waals surface area contributed by atoms with Crippen molar-refractivity contribution in [3.63, 3.8) is 0 Å². The van der Waals surface area contributed by atoms with Crippen molar-refractivity contribution in [2.75, 3.05) is 26.7 Å². The zero-order chi connectivity index (χ0) is 21.2. The molecule has 0 spiro atoms. The van der Waals surface area contributed by atoms with Gasteiger partial charge in [0.1, 0.15) is 17.5 Å². The minimum atomic E-state index is -0.572. The van der Waals surface area contributed by atoms with E-state index in [9.17, 15) is 9.59 Å². The van der Waals surface area contributed by atoms with Gasteiger partial charge in [-0.2, -0.15) is 0 Å². The zero-order valence-corrected chi connectivity index (χ0v) is 18.0. The molecule has 2 heterocycles. The second-order valence-corrected chi connectivity index (χ2v) is 8.73. The van der Waals surface area contributed by atoms with E-state index < -0.39 is 11.7 Å². The molecule has 2 aliphatic rings. The molecule has 0 aromatic heterocycles. The van der Waals surface area contributed by atoms with Crippen LogP contribution in [0.4, 0.5) is 4.79 Å². The Bertz CT molecular complexity index is 745. The van der Waals surface area contributed by atoms with Crippen LogP contribution in [0.1, 0.15) is 52.1 Å². The van der Waals surface area contributed by atoms with Crippen molar-refractivity contribution in [2.45, 2.75) is 64.4 Å². The Hall–Kier alpha value is -2.28. The molecule has 2 aliphatic heterocycles. The fraction of sp³-hybridized carbons (Fsp3) is 0.636. The molecule has 29 heavy (non-hydrogen) atoms. The van der Waals surface area contributed by atoms with E-state index in [1.807, 2.05) is 56.9 Å². The summed E-state index contributed by atoms with van der Waals surface area (Å²) in [6, 6.07) is 7.31. The topological polar surface area (TPSA) is 68.3 Å². The molecule has 7 nitrogen and oxygen atoms in total. The lowest BCUT2D eigenvalue weighted by Crippen LogP contribution is -2.55. The highest BCUT2D eigenvalue weighted by atomic mass is 16.6. The number of hydrogen-bond donors (Lipinski definition) is 0. The molecule has 2 amide bonds. The minimum Gasteiger partial charge on any atom is -0.496 e. The first kappa shape index (κ1) is 21.4. The zero-order valence-electron chi connectivity index (χ0n) is 18.0. The molecular weight excluding hydrogens is 372 g/mol. The predicted octanol–water partition coefficient (Wildman–Crippen LogP) is 3.38. The summed E-state index contributed by atoms with van der Waals surface area (Å²) in [7, 11) is 1.61. The number of piperazine rings is 1. The quantitative estimate of drug-likeness (QED) is 0.773. The molecule has 1 aromatic carbocycles. The van der Waals surface area contributed by atoms with E-state index in [1.54, 1.807) is 12.0 Å². The summed E-state index contributed by atoms with van der Waals surface area (Å²) >= 11 is 0. The third-order valence-corrected chi connectivity index (χ3v) is 5.32. The molecule has 1 aromatic rings. The first-order chi connectivity index (χ1) is 13.7. The number of hydrogen-bond acceptors (Lipinski definition) is 5. The van der Waals surface area contributed by atoms with Gasteiger partial charge in [-0.25, -0.2) is 4.79 Å². The summed E-state index contributed by atoms with van der Waals surface area (Å²) in [5.41, 5.74) is 0.306. The third kappa shape index (κ3) is 5.01. The van der Waals surface area contributed by atoms with Crippen molar-refractivity contribution in [3.8, 4) is 5.75 Å². The summed E-state index contributed by atoms with van der Waals surface area (Å²) in [6.45, 7) is 8.74. The molecule has 2 saturated heterocycles. The van der Waals surface area contributed by atoms with Gasteiger partial charge in [-0.15, -0.1) is 0 Å². The average Bonchev–Trinajstić information content (AvgIpc) is 3.12. The molecule has 0 bridgehead atoms. The lowest BCUT2D eigenvalue weighted by molar-refractivity contribution is -0.148. The van der Waals surface area contributed by atoms with Crippen molar-refractivity contribution < 1.29 is 23.8 Å². The Labute approximate surface area is 172 Å². The van der Waals surface area contributed by atoms with Crippen LogP contribution in [-0.2, 0) is 14.3 Å². The normalized spacial score (nSPS) is 25.1. The predicted molar refractivity (Wildman–Crippen MR) is 109 cm³/mol. The van der Waals surface area contributed by atoms with Gasteiger partial charge in [0.05, 0.1) is 19.3 Å². The van der Waals surface area contributed by atoms with E-state index in [1.165, 1.54) is 0 Å². The summed E-state index contributed by atoms with van der Waals surface area (Å²) < 4.78 is 16.9. The summed E-state index contributed by atoms with van der Waals surface area (Å²) in [4.78, 5) is 29.4. The van der Waals surface area contributed by atoms with Gasteiger partial charge in [-0.05, 0) is 46.6 Å². The number of benzene rings is 1. The first-order valence-corrected chi connectivity index (χ1v) is 10.3. The largest absolute Gasteiger partial charge is 0.496 e. The number of para-hydroxylation sites is 1. The van der Waals surface area contributed by atoms with Gasteiger partial charge in [-0.1, -0.05) is 18.2 Å². The van der Waals surface area contributed by atoms with Crippen LogP contribution in [-0.4, -0.2) is 66.4 Å². The lowest BCUT2D eigenvalue weighted by Gasteiger charge is -2.42. The van der Waals surface area contributed by atoms with Crippen LogP contribution >= 0.6 is 0 Å². The molecule has 3 atom stereocenters. The Morgan fingerprint density at radius 3 is 2.48 bits per heavy atom. The van der Waals surface area contributed by atoms with Gasteiger partial charge in [0, 0.05) is 25.2 Å². The highest BCUT2D eigenvalue weighted by molar-refractivity contribution is 5.82. The van der Waals surface area contributed by atoms with Gasteiger partial charge in [-0.3, -0.25) is 4.79 Å². The van der Waals surface area contributed by atoms with Crippen LogP contribution in [0.25, 0.3) is 0 Å². The molecular formula is C22H32N2O5. The maximum absolute atomic E-state index is 13.3. The van der Waals surface area contributed by atoms with Crippen LogP contribution < -0.4 is 4.74 Å². The summed E-state index contributed by atoms with van der Waals surface area (Å²) in [5.74, 6) is 0.677. The smallest absolute Gasteiger partial charge is 0.410 e. The number of carbonyl (C=O) groups excluding carboxylic acids is 2. The molecule has 0 N–H and O–H groups in total. The van der Waals surface area contributed by atoms with Crippen LogP contribution in [0.15, 0.2) is 24.3 Å². The maximum atomic E-state index is 13.3. The van der Waals surface area contributed by atoms with E-state index in [0.717, 1.165) is 18.4 Å².